The SMILES string of the molecule is COc1ccc(C(=O)N[C@H](Nc2cc(Cl)ccc2Cl)C(=O)c2ccccc2)cc1. The number of rotatable bonds is 7. The van der Waals surface area contributed by atoms with Crippen molar-refractivity contribution in [1.29, 1.82) is 0 Å². The average Bonchev–Trinajstić information content (AvgIpc) is 2.75. The molecule has 3 rings (SSSR count). The molecule has 29 heavy (non-hydrogen) atoms. The summed E-state index contributed by atoms with van der Waals surface area (Å²) in [5.41, 5.74) is 1.26. The summed E-state index contributed by atoms with van der Waals surface area (Å²) in [4.78, 5) is 25.8. The van der Waals surface area contributed by atoms with Crippen molar-refractivity contribution in [2.75, 3.05) is 12.4 Å². The van der Waals surface area contributed by atoms with Crippen molar-refractivity contribution < 1.29 is 14.3 Å². The highest BCUT2D eigenvalue weighted by Crippen LogP contribution is 2.26. The number of carbonyl (C=O) groups is 2. The highest BCUT2D eigenvalue weighted by atomic mass is 35.5. The number of nitrogens with one attached hydrogen (secondary N) is 2. The zero-order chi connectivity index (χ0) is 20.8. The molecule has 0 aliphatic rings. The molecule has 0 aliphatic carbocycles. The van der Waals surface area contributed by atoms with E-state index in [1.165, 1.54) is 0 Å². The molecule has 1 amide bonds. The molecule has 0 aliphatic heterocycles. The summed E-state index contributed by atoms with van der Waals surface area (Å²) in [5, 5.41) is 6.53. The number of Topliss-reactive ketones (excluding diaryl/α,β-unsaturated/α-hetero) is 1. The Bertz CT molecular complexity index is 1010. The van der Waals surface area contributed by atoms with Gasteiger partial charge in [-0.05, 0) is 42.5 Å². The molecule has 0 saturated heterocycles. The maximum atomic E-state index is 13.0. The van der Waals surface area contributed by atoms with Crippen LogP contribution in [-0.2, 0) is 0 Å². The number of anilines is 1. The summed E-state index contributed by atoms with van der Waals surface area (Å²) in [6.07, 6.45) is -1.05. The van der Waals surface area contributed by atoms with Gasteiger partial charge in [0.1, 0.15) is 5.75 Å². The number of ether oxygens (including phenoxy) is 1. The van der Waals surface area contributed by atoms with Crippen LogP contribution >= 0.6 is 23.2 Å². The third kappa shape index (κ3) is 5.28. The van der Waals surface area contributed by atoms with E-state index < -0.39 is 12.1 Å². The van der Waals surface area contributed by atoms with Gasteiger partial charge < -0.3 is 15.4 Å². The third-order valence-electron chi connectivity index (χ3n) is 4.18. The Balaban J connectivity index is 1.88. The number of hydrogen-bond acceptors (Lipinski definition) is 4. The largest absolute Gasteiger partial charge is 0.497 e. The van der Waals surface area contributed by atoms with E-state index in [1.54, 1.807) is 73.8 Å². The summed E-state index contributed by atoms with van der Waals surface area (Å²) >= 11 is 12.3. The molecule has 0 aromatic heterocycles. The first-order chi connectivity index (χ1) is 14.0. The predicted molar refractivity (Wildman–Crippen MR) is 115 cm³/mol. The van der Waals surface area contributed by atoms with E-state index in [2.05, 4.69) is 10.6 Å². The van der Waals surface area contributed by atoms with Gasteiger partial charge in [-0.2, -0.15) is 0 Å². The van der Waals surface area contributed by atoms with Crippen molar-refractivity contribution in [1.82, 2.24) is 5.32 Å². The van der Waals surface area contributed by atoms with Crippen LogP contribution in [0.2, 0.25) is 10.0 Å². The Kier molecular flexibility index (Phi) is 6.75. The second-order valence-corrected chi connectivity index (χ2v) is 6.98. The second-order valence-electron chi connectivity index (χ2n) is 6.13. The number of ketones is 1. The summed E-state index contributed by atoms with van der Waals surface area (Å²) in [7, 11) is 1.54. The van der Waals surface area contributed by atoms with Crippen molar-refractivity contribution in [3.63, 3.8) is 0 Å². The van der Waals surface area contributed by atoms with Gasteiger partial charge in [0.25, 0.3) is 5.91 Å². The quantitative estimate of drug-likeness (QED) is 0.407. The zero-order valence-corrected chi connectivity index (χ0v) is 17.0. The van der Waals surface area contributed by atoms with Gasteiger partial charge in [-0.15, -0.1) is 0 Å². The number of benzene rings is 3. The topological polar surface area (TPSA) is 67.4 Å². The molecule has 1 atom stereocenters. The van der Waals surface area contributed by atoms with Crippen LogP contribution in [0.3, 0.4) is 0 Å². The Morgan fingerprint density at radius 2 is 1.59 bits per heavy atom. The molecule has 0 fully saturated rings. The van der Waals surface area contributed by atoms with Crippen molar-refractivity contribution in [2.45, 2.75) is 6.17 Å². The van der Waals surface area contributed by atoms with Gasteiger partial charge >= 0.3 is 0 Å². The molecule has 0 radical (unpaired) electrons. The van der Waals surface area contributed by atoms with Crippen LogP contribution in [0.4, 0.5) is 5.69 Å². The lowest BCUT2D eigenvalue weighted by Gasteiger charge is -2.21. The standard InChI is InChI=1S/C22H18Cl2N2O3/c1-29-17-10-7-15(8-11-17)22(28)26-21(20(27)14-5-3-2-4-6-14)25-19-13-16(23)9-12-18(19)24/h2-13,21,25H,1H3,(H,26,28)/t21-/m0/s1. The maximum Gasteiger partial charge on any atom is 0.253 e. The van der Waals surface area contributed by atoms with Gasteiger partial charge in [0, 0.05) is 16.1 Å². The van der Waals surface area contributed by atoms with Crippen LogP contribution in [0.1, 0.15) is 20.7 Å². The molecule has 0 spiro atoms. The molecule has 3 aromatic rings. The number of methoxy groups -OCH3 is 1. The summed E-state index contributed by atoms with van der Waals surface area (Å²) in [5.74, 6) is -0.113. The second kappa shape index (κ2) is 9.45. The van der Waals surface area contributed by atoms with Crippen molar-refractivity contribution in [2.24, 2.45) is 0 Å². The van der Waals surface area contributed by atoms with Crippen LogP contribution in [0.5, 0.6) is 5.75 Å². The minimum absolute atomic E-state index is 0.316. The molecule has 7 heteroatoms. The molecule has 2 N–H and O–H groups in total. The van der Waals surface area contributed by atoms with Gasteiger partial charge in [0.2, 0.25) is 5.78 Å². The van der Waals surface area contributed by atoms with Crippen LogP contribution in [0, 0.1) is 0 Å². The number of halogens is 2. The van der Waals surface area contributed by atoms with Gasteiger partial charge in [-0.25, -0.2) is 0 Å². The van der Waals surface area contributed by atoms with Crippen LogP contribution in [0.25, 0.3) is 0 Å². The summed E-state index contributed by atoms with van der Waals surface area (Å²) < 4.78 is 5.10. The van der Waals surface area contributed by atoms with Gasteiger partial charge in [0.15, 0.2) is 6.17 Å². The van der Waals surface area contributed by atoms with E-state index in [4.69, 9.17) is 27.9 Å². The van der Waals surface area contributed by atoms with Crippen molar-refractivity contribution in [3.8, 4) is 5.75 Å². The smallest absolute Gasteiger partial charge is 0.253 e. The lowest BCUT2D eigenvalue weighted by atomic mass is 10.1. The fraction of sp³-hybridized carbons (Fsp3) is 0.0909. The lowest BCUT2D eigenvalue weighted by Crippen LogP contribution is -2.46. The van der Waals surface area contributed by atoms with Crippen LogP contribution in [-0.4, -0.2) is 25.0 Å². The fourth-order valence-electron chi connectivity index (χ4n) is 2.66. The van der Waals surface area contributed by atoms with E-state index in [9.17, 15) is 9.59 Å². The summed E-state index contributed by atoms with van der Waals surface area (Å²) in [6, 6.07) is 20.1. The summed E-state index contributed by atoms with van der Waals surface area (Å²) in [6.45, 7) is 0. The minimum atomic E-state index is -1.05. The van der Waals surface area contributed by atoms with Gasteiger partial charge in [0.05, 0.1) is 17.8 Å². The monoisotopic (exact) mass is 428 g/mol. The average molecular weight is 429 g/mol. The van der Waals surface area contributed by atoms with Crippen molar-refractivity contribution >= 4 is 40.6 Å². The Morgan fingerprint density at radius 1 is 0.897 bits per heavy atom. The van der Waals surface area contributed by atoms with Gasteiger partial charge in [-0.3, -0.25) is 9.59 Å². The van der Waals surface area contributed by atoms with E-state index in [1.807, 2.05) is 6.07 Å². The van der Waals surface area contributed by atoms with E-state index in [0.717, 1.165) is 0 Å². The van der Waals surface area contributed by atoms with Gasteiger partial charge in [-0.1, -0.05) is 53.5 Å². The Morgan fingerprint density at radius 3 is 2.24 bits per heavy atom. The molecule has 0 saturated carbocycles. The highest BCUT2D eigenvalue weighted by Gasteiger charge is 2.23. The predicted octanol–water partition coefficient (Wildman–Crippen LogP) is 5.05. The van der Waals surface area contributed by atoms with E-state index in [0.29, 0.717) is 32.6 Å². The minimum Gasteiger partial charge on any atom is -0.497 e. The Hall–Kier alpha value is -3.02. The molecule has 0 heterocycles. The highest BCUT2D eigenvalue weighted by molar-refractivity contribution is 6.35. The van der Waals surface area contributed by atoms with E-state index in [-0.39, 0.29) is 5.78 Å². The maximum absolute atomic E-state index is 13.0. The first-order valence-electron chi connectivity index (χ1n) is 8.73. The first kappa shape index (κ1) is 20.7. The molecule has 148 valence electrons. The number of amides is 1. The van der Waals surface area contributed by atoms with Crippen LogP contribution in [0.15, 0.2) is 72.8 Å². The number of hydrogen-bond donors (Lipinski definition) is 2. The normalized spacial score (nSPS) is 11.4. The molecule has 0 bridgehead atoms. The lowest BCUT2D eigenvalue weighted by molar-refractivity contribution is 0.0869. The Labute approximate surface area is 178 Å². The third-order valence-corrected chi connectivity index (χ3v) is 4.74. The van der Waals surface area contributed by atoms with Crippen molar-refractivity contribution in [3.05, 3.63) is 94.0 Å². The molecule has 5 nitrogen and oxygen atoms in total. The molecule has 0 unspecified atom stereocenters. The molecular weight excluding hydrogens is 411 g/mol. The van der Waals surface area contributed by atoms with Crippen LogP contribution < -0.4 is 15.4 Å². The molecular formula is C22H18Cl2N2O3. The zero-order valence-electron chi connectivity index (χ0n) is 15.5. The molecule has 3 aromatic carbocycles. The first-order valence-corrected chi connectivity index (χ1v) is 9.49. The van der Waals surface area contributed by atoms with E-state index >= 15 is 0 Å². The number of carbonyl (C=O) groups excluding carboxylic acids is 2. The fourth-order valence-corrected chi connectivity index (χ4v) is 3.00.